The van der Waals surface area contributed by atoms with Gasteiger partial charge in [0.15, 0.2) is 11.5 Å². The standard InChI is InChI=1S/C20H23N3O4/c1-23-18(25)20(22-19(23)21,12-13-4-8-15(24)9-5-13)17(27-3)14-6-10-16(26-2)11-7-14/h4-11,17,24H,12H2,1-3H3,(H2,21,22)/t17-,20+/m1/s1. The number of hydrogen-bond acceptors (Lipinski definition) is 6. The van der Waals surface area contributed by atoms with E-state index in [1.165, 1.54) is 4.90 Å². The van der Waals surface area contributed by atoms with Crippen molar-refractivity contribution in [3.05, 3.63) is 59.7 Å². The van der Waals surface area contributed by atoms with Crippen LogP contribution in [0.1, 0.15) is 17.2 Å². The summed E-state index contributed by atoms with van der Waals surface area (Å²) in [5.41, 5.74) is 6.37. The molecule has 0 aromatic heterocycles. The summed E-state index contributed by atoms with van der Waals surface area (Å²) in [5, 5.41) is 9.54. The van der Waals surface area contributed by atoms with Crippen molar-refractivity contribution in [2.45, 2.75) is 18.1 Å². The van der Waals surface area contributed by atoms with E-state index in [9.17, 15) is 9.90 Å². The predicted molar refractivity (Wildman–Crippen MR) is 102 cm³/mol. The largest absolute Gasteiger partial charge is 0.508 e. The van der Waals surface area contributed by atoms with Crippen molar-refractivity contribution < 1.29 is 19.4 Å². The lowest BCUT2D eigenvalue weighted by Gasteiger charge is -2.33. The second kappa shape index (κ2) is 7.28. The molecule has 1 heterocycles. The van der Waals surface area contributed by atoms with Crippen molar-refractivity contribution in [3.63, 3.8) is 0 Å². The molecule has 0 fully saturated rings. The fourth-order valence-electron chi connectivity index (χ4n) is 3.41. The number of ether oxygens (including phenoxy) is 2. The van der Waals surface area contributed by atoms with E-state index >= 15 is 0 Å². The Kier molecular flexibility index (Phi) is 5.05. The Balaban J connectivity index is 2.07. The molecule has 142 valence electrons. The number of guanidine groups is 1. The molecule has 0 radical (unpaired) electrons. The van der Waals surface area contributed by atoms with E-state index in [0.717, 1.165) is 11.1 Å². The van der Waals surface area contributed by atoms with Gasteiger partial charge in [0.2, 0.25) is 0 Å². The van der Waals surface area contributed by atoms with E-state index in [2.05, 4.69) is 4.99 Å². The zero-order valence-electron chi connectivity index (χ0n) is 15.5. The van der Waals surface area contributed by atoms with Gasteiger partial charge in [0.1, 0.15) is 17.6 Å². The van der Waals surface area contributed by atoms with Gasteiger partial charge in [-0.2, -0.15) is 0 Å². The number of aromatic hydroxyl groups is 1. The molecule has 2 aromatic rings. The van der Waals surface area contributed by atoms with Crippen LogP contribution in [-0.2, 0) is 16.0 Å². The molecule has 27 heavy (non-hydrogen) atoms. The van der Waals surface area contributed by atoms with Crippen LogP contribution in [-0.4, -0.2) is 48.7 Å². The predicted octanol–water partition coefficient (Wildman–Crippen LogP) is 1.86. The van der Waals surface area contributed by atoms with Crippen molar-refractivity contribution >= 4 is 11.9 Å². The number of nitrogens with zero attached hydrogens (tertiary/aromatic N) is 2. The Hall–Kier alpha value is -3.06. The maximum absolute atomic E-state index is 13.2. The Morgan fingerprint density at radius 2 is 1.78 bits per heavy atom. The second-order valence-corrected chi connectivity index (χ2v) is 6.49. The van der Waals surface area contributed by atoms with Crippen LogP contribution in [0.3, 0.4) is 0 Å². The molecule has 7 nitrogen and oxygen atoms in total. The average molecular weight is 369 g/mol. The number of nitrogens with two attached hydrogens (primary N) is 1. The van der Waals surface area contributed by atoms with Gasteiger partial charge in [-0.3, -0.25) is 9.69 Å². The highest BCUT2D eigenvalue weighted by Gasteiger charge is 2.53. The highest BCUT2D eigenvalue weighted by atomic mass is 16.5. The van der Waals surface area contributed by atoms with Crippen LogP contribution in [0.15, 0.2) is 53.5 Å². The number of likely N-dealkylation sites (N-methyl/N-ethyl adjacent to an activating group) is 1. The first-order valence-electron chi connectivity index (χ1n) is 8.49. The summed E-state index contributed by atoms with van der Waals surface area (Å²) >= 11 is 0. The number of aliphatic imine (C=N–C) groups is 1. The summed E-state index contributed by atoms with van der Waals surface area (Å²) in [6.07, 6.45) is -0.366. The van der Waals surface area contributed by atoms with Crippen LogP contribution in [0.5, 0.6) is 11.5 Å². The third-order valence-corrected chi connectivity index (χ3v) is 4.83. The lowest BCUT2D eigenvalue weighted by Crippen LogP contribution is -2.48. The van der Waals surface area contributed by atoms with Gasteiger partial charge in [0.25, 0.3) is 5.91 Å². The third-order valence-electron chi connectivity index (χ3n) is 4.83. The van der Waals surface area contributed by atoms with E-state index in [0.29, 0.717) is 5.75 Å². The summed E-state index contributed by atoms with van der Waals surface area (Å²) in [7, 11) is 4.74. The molecule has 3 rings (SSSR count). The molecule has 2 atom stereocenters. The van der Waals surface area contributed by atoms with Crippen LogP contribution in [0.4, 0.5) is 0 Å². The normalized spacial score (nSPS) is 20.5. The number of carbonyl (C=O) groups excluding carboxylic acids is 1. The fourth-order valence-corrected chi connectivity index (χ4v) is 3.41. The molecule has 0 bridgehead atoms. The summed E-state index contributed by atoms with van der Waals surface area (Å²) in [6, 6.07) is 14.0. The summed E-state index contributed by atoms with van der Waals surface area (Å²) in [6.45, 7) is 0. The molecule has 2 aromatic carbocycles. The minimum atomic E-state index is -1.24. The molecular weight excluding hydrogens is 346 g/mol. The first kappa shape index (κ1) is 18.7. The summed E-state index contributed by atoms with van der Waals surface area (Å²) in [5.74, 6) is 0.772. The number of hydrogen-bond donors (Lipinski definition) is 2. The lowest BCUT2D eigenvalue weighted by atomic mass is 9.82. The molecular formula is C20H23N3O4. The smallest absolute Gasteiger partial charge is 0.260 e. The number of benzene rings is 2. The van der Waals surface area contributed by atoms with Crippen molar-refractivity contribution in [2.24, 2.45) is 10.7 Å². The minimum Gasteiger partial charge on any atom is -0.508 e. The molecule has 0 saturated carbocycles. The van der Waals surface area contributed by atoms with Gasteiger partial charge in [-0.05, 0) is 35.4 Å². The van der Waals surface area contributed by atoms with Gasteiger partial charge < -0.3 is 20.3 Å². The van der Waals surface area contributed by atoms with Crippen molar-refractivity contribution in [3.8, 4) is 11.5 Å². The van der Waals surface area contributed by atoms with Crippen LogP contribution < -0.4 is 10.5 Å². The van der Waals surface area contributed by atoms with Crippen molar-refractivity contribution in [2.75, 3.05) is 21.3 Å². The molecule has 0 spiro atoms. The van der Waals surface area contributed by atoms with Crippen molar-refractivity contribution in [1.82, 2.24) is 4.90 Å². The first-order valence-corrected chi connectivity index (χ1v) is 8.49. The quantitative estimate of drug-likeness (QED) is 0.810. The Bertz CT molecular complexity index is 849. The summed E-state index contributed by atoms with van der Waals surface area (Å²) in [4.78, 5) is 19.1. The lowest BCUT2D eigenvalue weighted by molar-refractivity contribution is -0.135. The molecule has 7 heteroatoms. The maximum atomic E-state index is 13.2. The number of phenolic OH excluding ortho intramolecular Hbond substituents is 1. The van der Waals surface area contributed by atoms with Crippen LogP contribution in [0.2, 0.25) is 0 Å². The first-order chi connectivity index (χ1) is 12.9. The van der Waals surface area contributed by atoms with Gasteiger partial charge in [0.05, 0.1) is 7.11 Å². The zero-order chi connectivity index (χ0) is 19.6. The van der Waals surface area contributed by atoms with Gasteiger partial charge >= 0.3 is 0 Å². The van der Waals surface area contributed by atoms with Crippen LogP contribution in [0.25, 0.3) is 0 Å². The van der Waals surface area contributed by atoms with E-state index in [-0.39, 0.29) is 24.0 Å². The number of methoxy groups -OCH3 is 2. The molecule has 1 amide bonds. The second-order valence-electron chi connectivity index (χ2n) is 6.49. The molecule has 1 aliphatic heterocycles. The summed E-state index contributed by atoms with van der Waals surface area (Å²) < 4.78 is 11.0. The Labute approximate surface area is 158 Å². The van der Waals surface area contributed by atoms with E-state index in [1.807, 2.05) is 24.3 Å². The SMILES string of the molecule is COc1ccc([C@@H](OC)[C@]2(Cc3ccc(O)cc3)N=C(N)N(C)C2=O)cc1. The van der Waals surface area contributed by atoms with Gasteiger partial charge in [-0.15, -0.1) is 0 Å². The zero-order valence-corrected chi connectivity index (χ0v) is 15.5. The maximum Gasteiger partial charge on any atom is 0.260 e. The fraction of sp³-hybridized carbons (Fsp3) is 0.300. The number of phenols is 1. The van der Waals surface area contributed by atoms with Crippen LogP contribution in [0, 0.1) is 0 Å². The number of rotatable bonds is 6. The van der Waals surface area contributed by atoms with E-state index in [4.69, 9.17) is 15.2 Å². The molecule has 3 N–H and O–H groups in total. The third kappa shape index (κ3) is 3.33. The number of carbonyl (C=O) groups is 1. The van der Waals surface area contributed by atoms with E-state index < -0.39 is 11.6 Å². The Morgan fingerprint density at radius 1 is 1.15 bits per heavy atom. The van der Waals surface area contributed by atoms with Crippen LogP contribution >= 0.6 is 0 Å². The highest BCUT2D eigenvalue weighted by molar-refractivity contribution is 6.07. The minimum absolute atomic E-state index is 0.148. The highest BCUT2D eigenvalue weighted by Crippen LogP contribution is 2.40. The monoisotopic (exact) mass is 369 g/mol. The molecule has 0 saturated heterocycles. The molecule has 0 aliphatic carbocycles. The topological polar surface area (TPSA) is 97.4 Å². The number of amides is 1. The van der Waals surface area contributed by atoms with Gasteiger partial charge in [0, 0.05) is 20.6 Å². The van der Waals surface area contributed by atoms with Crippen molar-refractivity contribution in [1.29, 1.82) is 0 Å². The molecule has 0 unspecified atom stereocenters. The van der Waals surface area contributed by atoms with E-state index in [1.54, 1.807) is 45.5 Å². The van der Waals surface area contributed by atoms with Gasteiger partial charge in [-0.1, -0.05) is 24.3 Å². The van der Waals surface area contributed by atoms with Gasteiger partial charge in [-0.25, -0.2) is 4.99 Å². The molecule has 1 aliphatic rings. The average Bonchev–Trinajstić information content (AvgIpc) is 2.89. The Morgan fingerprint density at radius 3 is 2.26 bits per heavy atom.